The zero-order chi connectivity index (χ0) is 19.9. The van der Waals surface area contributed by atoms with Crippen LogP contribution in [-0.2, 0) is 4.74 Å². The van der Waals surface area contributed by atoms with E-state index in [2.05, 4.69) is 49.9 Å². The van der Waals surface area contributed by atoms with Crippen molar-refractivity contribution in [3.63, 3.8) is 0 Å². The Morgan fingerprint density at radius 2 is 1.55 bits per heavy atom. The lowest BCUT2D eigenvalue weighted by Crippen LogP contribution is -2.51. The Bertz CT molecular complexity index is 576. The van der Waals surface area contributed by atoms with Gasteiger partial charge in [-0.05, 0) is 57.4 Å². The molecule has 0 aromatic heterocycles. The third-order valence-electron chi connectivity index (χ3n) is 7.29. The molecule has 3 heterocycles. The van der Waals surface area contributed by atoms with Crippen LogP contribution in [0.15, 0.2) is 30.3 Å². The summed E-state index contributed by atoms with van der Waals surface area (Å²) in [5.74, 6) is 0. The van der Waals surface area contributed by atoms with Crippen molar-refractivity contribution in [3.05, 3.63) is 35.9 Å². The van der Waals surface area contributed by atoms with E-state index in [1.807, 2.05) is 0 Å². The number of piperidine rings is 1. The zero-order valence-corrected chi connectivity index (χ0v) is 18.3. The Labute approximate surface area is 177 Å². The van der Waals surface area contributed by atoms with E-state index in [-0.39, 0.29) is 0 Å². The smallest absolute Gasteiger partial charge is 0.0589 e. The van der Waals surface area contributed by atoms with Crippen LogP contribution >= 0.6 is 0 Å². The molecular formula is C24H40N4O. The van der Waals surface area contributed by atoms with Crippen molar-refractivity contribution in [2.24, 2.45) is 0 Å². The molecule has 162 valence electrons. The minimum Gasteiger partial charge on any atom is -0.383 e. The number of benzene rings is 1. The molecule has 3 aliphatic rings. The van der Waals surface area contributed by atoms with Gasteiger partial charge in [0.1, 0.15) is 0 Å². The van der Waals surface area contributed by atoms with Gasteiger partial charge in [0.05, 0.1) is 6.61 Å². The van der Waals surface area contributed by atoms with E-state index >= 15 is 0 Å². The SMILES string of the molecule is COCCN1CCN(C(CN2CCC(N3CCCC3)CC2)c2ccccc2)CC1. The van der Waals surface area contributed by atoms with E-state index in [1.54, 1.807) is 7.11 Å². The highest BCUT2D eigenvalue weighted by Crippen LogP contribution is 2.27. The molecule has 0 bridgehead atoms. The maximum atomic E-state index is 5.27. The lowest BCUT2D eigenvalue weighted by atomic mass is 9.99. The number of nitrogens with zero attached hydrogens (tertiary/aromatic N) is 4. The highest BCUT2D eigenvalue weighted by Gasteiger charge is 2.30. The van der Waals surface area contributed by atoms with E-state index in [9.17, 15) is 0 Å². The summed E-state index contributed by atoms with van der Waals surface area (Å²) in [6, 6.07) is 12.6. The zero-order valence-electron chi connectivity index (χ0n) is 18.3. The number of piperazine rings is 1. The molecule has 1 atom stereocenters. The van der Waals surface area contributed by atoms with Crippen LogP contribution in [0.2, 0.25) is 0 Å². The van der Waals surface area contributed by atoms with E-state index in [0.29, 0.717) is 6.04 Å². The first kappa shape index (κ1) is 21.3. The number of likely N-dealkylation sites (tertiary alicyclic amines) is 2. The van der Waals surface area contributed by atoms with Gasteiger partial charge in [-0.2, -0.15) is 0 Å². The second-order valence-electron chi connectivity index (χ2n) is 9.07. The van der Waals surface area contributed by atoms with Crippen LogP contribution in [0, 0.1) is 0 Å². The van der Waals surface area contributed by atoms with Crippen molar-refractivity contribution in [3.8, 4) is 0 Å². The minimum atomic E-state index is 0.518. The molecule has 1 aromatic carbocycles. The Balaban J connectivity index is 1.33. The number of methoxy groups -OCH3 is 1. The van der Waals surface area contributed by atoms with Gasteiger partial charge in [0, 0.05) is 58.5 Å². The molecular weight excluding hydrogens is 360 g/mol. The van der Waals surface area contributed by atoms with Crippen LogP contribution in [-0.4, -0.2) is 105 Å². The molecule has 3 fully saturated rings. The topological polar surface area (TPSA) is 22.2 Å². The first-order valence-corrected chi connectivity index (χ1v) is 11.8. The van der Waals surface area contributed by atoms with E-state index in [0.717, 1.165) is 45.4 Å². The molecule has 3 saturated heterocycles. The van der Waals surface area contributed by atoms with E-state index < -0.39 is 0 Å². The predicted octanol–water partition coefficient (Wildman–Crippen LogP) is 2.55. The van der Waals surface area contributed by atoms with Gasteiger partial charge in [-0.1, -0.05) is 30.3 Å². The highest BCUT2D eigenvalue weighted by molar-refractivity contribution is 5.20. The van der Waals surface area contributed by atoms with Crippen molar-refractivity contribution in [2.45, 2.75) is 37.8 Å². The van der Waals surface area contributed by atoms with Crippen LogP contribution in [0.5, 0.6) is 0 Å². The Morgan fingerprint density at radius 3 is 2.21 bits per heavy atom. The van der Waals surface area contributed by atoms with Gasteiger partial charge in [0.2, 0.25) is 0 Å². The fraction of sp³-hybridized carbons (Fsp3) is 0.750. The molecule has 3 aliphatic heterocycles. The molecule has 0 saturated carbocycles. The van der Waals surface area contributed by atoms with Gasteiger partial charge in [-0.15, -0.1) is 0 Å². The van der Waals surface area contributed by atoms with E-state index in [1.165, 1.54) is 64.0 Å². The molecule has 4 rings (SSSR count). The standard InChI is InChI=1S/C24H40N4O/c1-29-20-19-25-15-17-28(18-16-25)24(22-7-3-2-4-8-22)21-26-13-9-23(10-14-26)27-11-5-6-12-27/h2-4,7-8,23-24H,5-6,9-21H2,1H3. The molecule has 1 unspecified atom stereocenters. The van der Waals surface area contributed by atoms with Gasteiger partial charge in [0.15, 0.2) is 0 Å². The monoisotopic (exact) mass is 400 g/mol. The molecule has 0 spiro atoms. The van der Waals surface area contributed by atoms with Crippen molar-refractivity contribution in [1.29, 1.82) is 0 Å². The second-order valence-corrected chi connectivity index (χ2v) is 9.07. The average molecular weight is 401 g/mol. The summed E-state index contributed by atoms with van der Waals surface area (Å²) in [6.07, 6.45) is 5.53. The molecule has 5 nitrogen and oxygen atoms in total. The molecule has 5 heteroatoms. The van der Waals surface area contributed by atoms with Gasteiger partial charge in [-0.25, -0.2) is 0 Å². The molecule has 0 amide bonds. The fourth-order valence-corrected chi connectivity index (χ4v) is 5.44. The third kappa shape index (κ3) is 5.80. The summed E-state index contributed by atoms with van der Waals surface area (Å²) < 4.78 is 5.27. The Hall–Kier alpha value is -0.980. The van der Waals surface area contributed by atoms with Gasteiger partial charge < -0.3 is 14.5 Å². The maximum absolute atomic E-state index is 5.27. The summed E-state index contributed by atoms with van der Waals surface area (Å²) in [5, 5.41) is 0. The summed E-state index contributed by atoms with van der Waals surface area (Å²) in [5.41, 5.74) is 1.49. The molecule has 0 N–H and O–H groups in total. The Morgan fingerprint density at radius 1 is 0.862 bits per heavy atom. The summed E-state index contributed by atoms with van der Waals surface area (Å²) in [6.45, 7) is 12.9. The second kappa shape index (κ2) is 10.9. The molecule has 29 heavy (non-hydrogen) atoms. The molecule has 0 radical (unpaired) electrons. The maximum Gasteiger partial charge on any atom is 0.0589 e. The number of rotatable bonds is 8. The van der Waals surface area contributed by atoms with Crippen LogP contribution in [0.25, 0.3) is 0 Å². The third-order valence-corrected chi connectivity index (χ3v) is 7.29. The largest absolute Gasteiger partial charge is 0.383 e. The minimum absolute atomic E-state index is 0.518. The highest BCUT2D eigenvalue weighted by atomic mass is 16.5. The normalized spacial score (nSPS) is 24.9. The first-order valence-electron chi connectivity index (χ1n) is 11.8. The summed E-state index contributed by atoms with van der Waals surface area (Å²) in [4.78, 5) is 10.8. The predicted molar refractivity (Wildman–Crippen MR) is 119 cm³/mol. The van der Waals surface area contributed by atoms with Crippen molar-refractivity contribution >= 4 is 0 Å². The number of ether oxygens (including phenoxy) is 1. The van der Waals surface area contributed by atoms with Crippen molar-refractivity contribution < 1.29 is 4.74 Å². The first-order chi connectivity index (χ1) is 14.3. The van der Waals surface area contributed by atoms with Crippen LogP contribution in [0.3, 0.4) is 0 Å². The molecule has 0 aliphatic carbocycles. The van der Waals surface area contributed by atoms with Crippen molar-refractivity contribution in [2.75, 3.05) is 79.2 Å². The van der Waals surface area contributed by atoms with Crippen LogP contribution < -0.4 is 0 Å². The van der Waals surface area contributed by atoms with Crippen LogP contribution in [0.1, 0.15) is 37.3 Å². The Kier molecular flexibility index (Phi) is 7.97. The van der Waals surface area contributed by atoms with Gasteiger partial charge in [-0.3, -0.25) is 9.80 Å². The number of hydrogen-bond donors (Lipinski definition) is 0. The van der Waals surface area contributed by atoms with Crippen LogP contribution in [0.4, 0.5) is 0 Å². The quantitative estimate of drug-likeness (QED) is 0.667. The fourth-order valence-electron chi connectivity index (χ4n) is 5.44. The summed E-state index contributed by atoms with van der Waals surface area (Å²) in [7, 11) is 1.80. The van der Waals surface area contributed by atoms with Gasteiger partial charge >= 0.3 is 0 Å². The molecule has 1 aromatic rings. The lowest BCUT2D eigenvalue weighted by molar-refractivity contribution is 0.0494. The van der Waals surface area contributed by atoms with Gasteiger partial charge in [0.25, 0.3) is 0 Å². The average Bonchev–Trinajstić information content (AvgIpc) is 3.32. The summed E-state index contributed by atoms with van der Waals surface area (Å²) >= 11 is 0. The number of hydrogen-bond acceptors (Lipinski definition) is 5. The lowest BCUT2D eigenvalue weighted by Gasteiger charge is -2.43. The van der Waals surface area contributed by atoms with E-state index in [4.69, 9.17) is 4.74 Å². The van der Waals surface area contributed by atoms with Crippen molar-refractivity contribution in [1.82, 2.24) is 19.6 Å².